The molecule has 0 radical (unpaired) electrons. The Balaban J connectivity index is 1.88. The molecule has 1 aliphatic rings. The molecule has 8 heteroatoms. The van der Waals surface area contributed by atoms with Crippen molar-refractivity contribution < 1.29 is 13.2 Å². The van der Waals surface area contributed by atoms with Crippen molar-refractivity contribution >= 4 is 38.9 Å². The van der Waals surface area contributed by atoms with Crippen LogP contribution in [0.1, 0.15) is 16.8 Å². The second-order valence-corrected chi connectivity index (χ2v) is 7.52. The Morgan fingerprint density at radius 3 is 2.78 bits per heavy atom. The van der Waals surface area contributed by atoms with E-state index in [4.69, 9.17) is 11.6 Å². The summed E-state index contributed by atoms with van der Waals surface area (Å²) in [7, 11) is -3.28. The zero-order valence-corrected chi connectivity index (χ0v) is 13.6. The number of nitrogens with zero attached hydrogens (tertiary/aromatic N) is 2. The molecule has 2 heterocycles. The molecule has 0 saturated carbocycles. The van der Waals surface area contributed by atoms with Crippen LogP contribution in [-0.2, 0) is 10.0 Å². The van der Waals surface area contributed by atoms with E-state index in [-0.39, 0.29) is 11.7 Å². The van der Waals surface area contributed by atoms with E-state index >= 15 is 0 Å². The van der Waals surface area contributed by atoms with Crippen molar-refractivity contribution in [3.05, 3.63) is 53.3 Å². The van der Waals surface area contributed by atoms with Gasteiger partial charge in [-0.25, -0.2) is 8.42 Å². The summed E-state index contributed by atoms with van der Waals surface area (Å²) >= 11 is 6.11. The standard InChI is InChI=1S/C15H14ClN3O3S/c16-13-5-4-12(19-7-2-8-23(19,21)22)9-14(13)18-15(20)11-3-1-6-17-10-11/h1,3-6,9-10H,2,7-8H2,(H,18,20). The molecule has 0 aliphatic carbocycles. The number of nitrogens with one attached hydrogen (secondary N) is 1. The number of carbonyl (C=O) groups excluding carboxylic acids is 1. The first kappa shape index (κ1) is 15.8. The monoisotopic (exact) mass is 351 g/mol. The van der Waals surface area contributed by atoms with Crippen molar-refractivity contribution in [2.45, 2.75) is 6.42 Å². The number of anilines is 2. The van der Waals surface area contributed by atoms with Crippen molar-refractivity contribution in [2.75, 3.05) is 21.9 Å². The van der Waals surface area contributed by atoms with E-state index < -0.39 is 10.0 Å². The van der Waals surface area contributed by atoms with E-state index in [1.54, 1.807) is 36.5 Å². The Morgan fingerprint density at radius 2 is 2.13 bits per heavy atom. The Kier molecular flexibility index (Phi) is 4.23. The normalized spacial score (nSPS) is 16.3. The van der Waals surface area contributed by atoms with E-state index in [0.717, 1.165) is 0 Å². The highest BCUT2D eigenvalue weighted by Crippen LogP contribution is 2.31. The molecule has 120 valence electrons. The minimum absolute atomic E-state index is 0.132. The highest BCUT2D eigenvalue weighted by Gasteiger charge is 2.28. The largest absolute Gasteiger partial charge is 0.321 e. The van der Waals surface area contributed by atoms with Crippen LogP contribution in [0.4, 0.5) is 11.4 Å². The average molecular weight is 352 g/mol. The van der Waals surface area contributed by atoms with E-state index in [1.807, 2.05) is 0 Å². The van der Waals surface area contributed by atoms with Crippen molar-refractivity contribution in [1.82, 2.24) is 4.98 Å². The Morgan fingerprint density at radius 1 is 1.30 bits per heavy atom. The van der Waals surface area contributed by atoms with Crippen LogP contribution in [0.2, 0.25) is 5.02 Å². The minimum Gasteiger partial charge on any atom is -0.321 e. The molecular weight excluding hydrogens is 338 g/mol. The summed E-state index contributed by atoms with van der Waals surface area (Å²) in [6.07, 6.45) is 3.60. The lowest BCUT2D eigenvalue weighted by atomic mass is 10.2. The maximum atomic E-state index is 12.2. The second-order valence-electron chi connectivity index (χ2n) is 5.10. The summed E-state index contributed by atoms with van der Waals surface area (Å²) in [5, 5.41) is 3.02. The molecule has 0 atom stereocenters. The number of carbonyl (C=O) groups is 1. The zero-order valence-electron chi connectivity index (χ0n) is 12.1. The molecule has 0 unspecified atom stereocenters. The van der Waals surface area contributed by atoms with Crippen molar-refractivity contribution in [3.8, 4) is 0 Å². The van der Waals surface area contributed by atoms with Gasteiger partial charge < -0.3 is 5.32 Å². The molecule has 0 bridgehead atoms. The predicted octanol–water partition coefficient (Wildman–Crippen LogP) is 2.53. The molecule has 3 rings (SSSR count). The van der Waals surface area contributed by atoms with Crippen LogP contribution in [0.3, 0.4) is 0 Å². The highest BCUT2D eigenvalue weighted by atomic mass is 35.5. The number of benzene rings is 1. The molecule has 1 fully saturated rings. The van der Waals surface area contributed by atoms with Gasteiger partial charge in [-0.3, -0.25) is 14.1 Å². The van der Waals surface area contributed by atoms with Crippen molar-refractivity contribution in [1.29, 1.82) is 0 Å². The molecule has 0 spiro atoms. The Labute approximate surface area is 139 Å². The first-order valence-corrected chi connectivity index (χ1v) is 8.97. The number of halogens is 1. The molecule has 1 aliphatic heterocycles. The van der Waals surface area contributed by atoms with E-state index in [0.29, 0.717) is 34.9 Å². The van der Waals surface area contributed by atoms with Gasteiger partial charge in [0.25, 0.3) is 5.91 Å². The van der Waals surface area contributed by atoms with Gasteiger partial charge in [-0.2, -0.15) is 0 Å². The minimum atomic E-state index is -3.28. The van der Waals surface area contributed by atoms with Gasteiger partial charge in [0, 0.05) is 18.9 Å². The summed E-state index contributed by atoms with van der Waals surface area (Å²) in [5.41, 5.74) is 1.25. The van der Waals surface area contributed by atoms with Crippen LogP contribution < -0.4 is 9.62 Å². The highest BCUT2D eigenvalue weighted by molar-refractivity contribution is 7.93. The van der Waals surface area contributed by atoms with Crippen LogP contribution in [0.15, 0.2) is 42.7 Å². The predicted molar refractivity (Wildman–Crippen MR) is 89.4 cm³/mol. The Hall–Kier alpha value is -2.12. The molecular formula is C15H14ClN3O3S. The third-order valence-corrected chi connectivity index (χ3v) is 5.71. The van der Waals surface area contributed by atoms with E-state index in [1.165, 1.54) is 10.5 Å². The summed E-state index contributed by atoms with van der Waals surface area (Å²) < 4.78 is 25.3. The van der Waals surface area contributed by atoms with Gasteiger partial charge in [0.05, 0.1) is 27.7 Å². The summed E-state index contributed by atoms with van der Waals surface area (Å²) in [5.74, 6) is -0.228. The molecule has 1 N–H and O–H groups in total. The average Bonchev–Trinajstić information content (AvgIpc) is 2.90. The summed E-state index contributed by atoms with van der Waals surface area (Å²) in [6.45, 7) is 0.431. The fourth-order valence-electron chi connectivity index (χ4n) is 2.39. The lowest BCUT2D eigenvalue weighted by Crippen LogP contribution is -2.25. The Bertz CT molecular complexity index is 840. The van der Waals surface area contributed by atoms with Crippen LogP contribution in [0, 0.1) is 0 Å². The number of hydrogen-bond acceptors (Lipinski definition) is 4. The topological polar surface area (TPSA) is 79.4 Å². The third kappa shape index (κ3) is 3.30. The molecule has 1 aromatic carbocycles. The van der Waals surface area contributed by atoms with Crippen molar-refractivity contribution in [3.63, 3.8) is 0 Å². The van der Waals surface area contributed by atoms with Crippen LogP contribution >= 0.6 is 11.6 Å². The zero-order chi connectivity index (χ0) is 16.4. The van der Waals surface area contributed by atoms with Gasteiger partial charge in [-0.1, -0.05) is 11.6 Å². The van der Waals surface area contributed by atoms with E-state index in [9.17, 15) is 13.2 Å². The van der Waals surface area contributed by atoms with Gasteiger partial charge in [0.1, 0.15) is 0 Å². The maximum Gasteiger partial charge on any atom is 0.257 e. The smallest absolute Gasteiger partial charge is 0.257 e. The van der Waals surface area contributed by atoms with Gasteiger partial charge in [0.15, 0.2) is 0 Å². The number of amides is 1. The number of rotatable bonds is 3. The number of hydrogen-bond donors (Lipinski definition) is 1. The number of pyridine rings is 1. The van der Waals surface area contributed by atoms with Crippen molar-refractivity contribution in [2.24, 2.45) is 0 Å². The number of aromatic nitrogens is 1. The molecule has 23 heavy (non-hydrogen) atoms. The van der Waals surface area contributed by atoms with Gasteiger partial charge >= 0.3 is 0 Å². The summed E-state index contributed by atoms with van der Waals surface area (Å²) in [4.78, 5) is 16.1. The first-order valence-electron chi connectivity index (χ1n) is 6.99. The fourth-order valence-corrected chi connectivity index (χ4v) is 4.11. The lowest BCUT2D eigenvalue weighted by Gasteiger charge is -2.18. The quantitative estimate of drug-likeness (QED) is 0.921. The maximum absolute atomic E-state index is 12.2. The van der Waals surface area contributed by atoms with Crippen LogP contribution in [-0.4, -0.2) is 31.6 Å². The molecule has 6 nitrogen and oxygen atoms in total. The lowest BCUT2D eigenvalue weighted by molar-refractivity contribution is 0.102. The van der Waals surface area contributed by atoms with Crippen LogP contribution in [0.5, 0.6) is 0 Å². The molecule has 1 aromatic heterocycles. The molecule has 1 saturated heterocycles. The fraction of sp³-hybridized carbons (Fsp3) is 0.200. The first-order chi connectivity index (χ1) is 11.0. The summed E-state index contributed by atoms with van der Waals surface area (Å²) in [6, 6.07) is 8.06. The third-order valence-electron chi connectivity index (χ3n) is 3.51. The second kappa shape index (κ2) is 6.17. The SMILES string of the molecule is O=C(Nc1cc(N2CCCS2(=O)=O)ccc1Cl)c1cccnc1. The van der Waals surface area contributed by atoms with Gasteiger partial charge in [-0.15, -0.1) is 0 Å². The van der Waals surface area contributed by atoms with E-state index in [2.05, 4.69) is 10.3 Å². The number of sulfonamides is 1. The molecule has 2 aromatic rings. The molecule has 1 amide bonds. The van der Waals surface area contributed by atoms with Gasteiger partial charge in [0.2, 0.25) is 10.0 Å². The van der Waals surface area contributed by atoms with Gasteiger partial charge in [-0.05, 0) is 36.8 Å². The van der Waals surface area contributed by atoms with Crippen LogP contribution in [0.25, 0.3) is 0 Å².